The van der Waals surface area contributed by atoms with Crippen LogP contribution in [-0.2, 0) is 20.0 Å². The van der Waals surface area contributed by atoms with E-state index in [2.05, 4.69) is 16.5 Å². The molecule has 0 aliphatic carbocycles. The Morgan fingerprint density at radius 3 is 2.41 bits per heavy atom. The van der Waals surface area contributed by atoms with Gasteiger partial charge in [-0.2, -0.15) is 5.10 Å². The van der Waals surface area contributed by atoms with Crippen molar-refractivity contribution in [3.05, 3.63) is 121 Å². The van der Waals surface area contributed by atoms with E-state index in [4.69, 9.17) is 37.8 Å². The van der Waals surface area contributed by atoms with Gasteiger partial charge in [0.15, 0.2) is 0 Å². The highest BCUT2D eigenvalue weighted by molar-refractivity contribution is 6.35. The number of hydrogen-bond acceptors (Lipinski definition) is 6. The zero-order valence-electron chi connectivity index (χ0n) is 34.4. The van der Waals surface area contributed by atoms with Crippen LogP contribution in [0, 0.1) is 34.6 Å². The molecule has 0 bridgehead atoms. The molecule has 7 aromatic rings. The maximum Gasteiger partial charge on any atom is 0.340 e. The van der Waals surface area contributed by atoms with Crippen molar-refractivity contribution >= 4 is 62.7 Å². The monoisotopic (exact) mass is 832 g/mol. The quantitative estimate of drug-likeness (QED) is 0.129. The molecule has 8 rings (SSSR count). The van der Waals surface area contributed by atoms with Gasteiger partial charge in [-0.3, -0.25) is 19.4 Å². The molecule has 1 aliphatic rings. The topological polar surface area (TPSA) is 117 Å². The Morgan fingerprint density at radius 2 is 1.75 bits per heavy atom. The Kier molecular flexibility index (Phi) is 10.5. The summed E-state index contributed by atoms with van der Waals surface area (Å²) in [6, 6.07) is 16.8. The average molecular weight is 834 g/mol. The fourth-order valence-corrected chi connectivity index (χ4v) is 9.29. The number of carbonyl (C=O) groups excluding carboxylic acids is 1. The van der Waals surface area contributed by atoms with Gasteiger partial charge in [-0.25, -0.2) is 4.79 Å². The lowest BCUT2D eigenvalue weighted by Gasteiger charge is -2.35. The Bertz CT molecular complexity index is 2830. The van der Waals surface area contributed by atoms with Gasteiger partial charge in [0, 0.05) is 53.1 Å². The van der Waals surface area contributed by atoms with Crippen molar-refractivity contribution < 1.29 is 24.2 Å². The summed E-state index contributed by atoms with van der Waals surface area (Å²) in [6.45, 7) is 12.7. The standard InChI is InChI=1S/C46H46Cl2N6O5/c1-24-16-17-49-30(19-24)23-52-35-12-9-13-36(58-8)39(35)40(46(56)57)44(52)53-22-27(4)54-42-33(14-15-34(47)38(42)37-28(5)50-51(7)29(37)6)32(43(54)45(53)55)11-10-18-59-31-20-25(2)41(48)26(3)21-31/h9,12-17,19-21,27H,10-11,18,22-23H2,1-8H3,(H,56,57)/t27-/m1/s1. The number of ether oxygens (including phenoxy) is 2. The van der Waals surface area contributed by atoms with E-state index in [1.807, 2.05) is 99.4 Å². The van der Waals surface area contributed by atoms with Crippen LogP contribution in [-0.4, -0.2) is 61.1 Å². The molecule has 11 nitrogen and oxygen atoms in total. The molecule has 1 aliphatic heterocycles. The molecule has 0 saturated carbocycles. The van der Waals surface area contributed by atoms with Crippen LogP contribution in [0.3, 0.4) is 0 Å². The van der Waals surface area contributed by atoms with E-state index < -0.39 is 5.97 Å². The van der Waals surface area contributed by atoms with Gasteiger partial charge in [0.2, 0.25) is 0 Å². The number of pyridine rings is 1. The van der Waals surface area contributed by atoms with Crippen LogP contribution in [0.4, 0.5) is 5.82 Å². The first-order valence-corrected chi connectivity index (χ1v) is 20.4. The highest BCUT2D eigenvalue weighted by atomic mass is 35.5. The number of amides is 1. The van der Waals surface area contributed by atoms with E-state index in [1.165, 1.54) is 7.11 Å². The molecule has 0 fully saturated rings. The van der Waals surface area contributed by atoms with Crippen LogP contribution in [0.25, 0.3) is 32.9 Å². The average Bonchev–Trinajstić information content (AvgIpc) is 3.79. The molecule has 4 aromatic heterocycles. The highest BCUT2D eigenvalue weighted by Crippen LogP contribution is 2.47. The van der Waals surface area contributed by atoms with E-state index in [-0.39, 0.29) is 36.4 Å². The van der Waals surface area contributed by atoms with E-state index in [1.54, 1.807) is 17.2 Å². The third-order valence-corrected chi connectivity index (χ3v) is 12.5. The predicted octanol–water partition coefficient (Wildman–Crippen LogP) is 10.2. The summed E-state index contributed by atoms with van der Waals surface area (Å²) in [5.41, 5.74) is 9.88. The van der Waals surface area contributed by atoms with Crippen LogP contribution in [0.2, 0.25) is 10.0 Å². The molecule has 0 saturated heterocycles. The van der Waals surface area contributed by atoms with E-state index in [9.17, 15) is 9.90 Å². The lowest BCUT2D eigenvalue weighted by molar-refractivity contribution is 0.0699. The third kappa shape index (κ3) is 6.70. The number of halogens is 2. The summed E-state index contributed by atoms with van der Waals surface area (Å²) in [7, 11) is 3.43. The van der Waals surface area contributed by atoms with Crippen molar-refractivity contribution in [1.82, 2.24) is 23.9 Å². The smallest absolute Gasteiger partial charge is 0.340 e. The first kappa shape index (κ1) is 40.0. The van der Waals surface area contributed by atoms with Crippen molar-refractivity contribution in [2.45, 2.75) is 67.0 Å². The number of carboxylic acid groups (broad SMARTS) is 1. The van der Waals surface area contributed by atoms with Gasteiger partial charge in [-0.05, 0) is 119 Å². The first-order valence-electron chi connectivity index (χ1n) is 19.6. The molecule has 3 aromatic carbocycles. The molecule has 304 valence electrons. The molecule has 0 radical (unpaired) electrons. The Balaban J connectivity index is 1.33. The number of carbonyl (C=O) groups is 2. The zero-order valence-corrected chi connectivity index (χ0v) is 35.9. The fraction of sp³-hybridized carbons (Fsp3) is 0.304. The van der Waals surface area contributed by atoms with Crippen molar-refractivity contribution in [3.8, 4) is 22.6 Å². The Hall–Kier alpha value is -5.78. The molecule has 5 heterocycles. The summed E-state index contributed by atoms with van der Waals surface area (Å²) in [5.74, 6) is -0.0824. The number of hydrogen-bond donors (Lipinski definition) is 1. The van der Waals surface area contributed by atoms with Crippen LogP contribution in [0.5, 0.6) is 11.5 Å². The van der Waals surface area contributed by atoms with Gasteiger partial charge >= 0.3 is 5.97 Å². The Labute approximate surface area is 352 Å². The van der Waals surface area contributed by atoms with Crippen LogP contribution in [0.1, 0.15) is 79.6 Å². The Morgan fingerprint density at radius 1 is 1.00 bits per heavy atom. The second-order valence-corrected chi connectivity index (χ2v) is 16.3. The minimum Gasteiger partial charge on any atom is -0.496 e. The number of nitrogens with zero attached hydrogens (tertiary/aromatic N) is 6. The number of anilines is 1. The number of fused-ring (bicyclic) bond motifs is 4. The molecule has 13 heteroatoms. The largest absolute Gasteiger partial charge is 0.496 e. The van der Waals surface area contributed by atoms with E-state index in [0.717, 1.165) is 67.1 Å². The second kappa shape index (κ2) is 15.4. The molecule has 0 spiro atoms. The molecule has 0 unspecified atom stereocenters. The number of benzene rings is 3. The maximum atomic E-state index is 15.6. The predicted molar refractivity (Wildman–Crippen MR) is 233 cm³/mol. The minimum atomic E-state index is -1.17. The highest BCUT2D eigenvalue weighted by Gasteiger charge is 2.40. The molecule has 1 atom stereocenters. The molecular weight excluding hydrogens is 787 g/mol. The van der Waals surface area contributed by atoms with Gasteiger partial charge in [0.25, 0.3) is 5.91 Å². The van der Waals surface area contributed by atoms with Gasteiger partial charge in [0.05, 0.1) is 53.1 Å². The summed E-state index contributed by atoms with van der Waals surface area (Å²) < 4.78 is 17.9. The second-order valence-electron chi connectivity index (χ2n) is 15.5. The number of methoxy groups -OCH3 is 1. The summed E-state index contributed by atoms with van der Waals surface area (Å²) in [4.78, 5) is 35.4. The van der Waals surface area contributed by atoms with Crippen LogP contribution < -0.4 is 14.4 Å². The first-order chi connectivity index (χ1) is 28.2. The van der Waals surface area contributed by atoms with Gasteiger partial charge < -0.3 is 23.7 Å². The summed E-state index contributed by atoms with van der Waals surface area (Å²) >= 11 is 13.6. The molecular formula is C46H46Cl2N6O5. The fourth-order valence-electron chi connectivity index (χ4n) is 8.93. The summed E-state index contributed by atoms with van der Waals surface area (Å²) in [6.07, 6.45) is 2.83. The number of carboxylic acids is 1. The minimum absolute atomic E-state index is 0.0101. The van der Waals surface area contributed by atoms with E-state index in [0.29, 0.717) is 51.8 Å². The number of aromatic nitrogens is 5. The van der Waals surface area contributed by atoms with Crippen molar-refractivity contribution in [2.24, 2.45) is 7.05 Å². The van der Waals surface area contributed by atoms with Gasteiger partial charge in [-0.1, -0.05) is 35.3 Å². The molecule has 59 heavy (non-hydrogen) atoms. The summed E-state index contributed by atoms with van der Waals surface area (Å²) in [5, 5.41) is 18.3. The number of rotatable bonds is 11. The lowest BCUT2D eigenvalue weighted by Crippen LogP contribution is -2.44. The van der Waals surface area contributed by atoms with Crippen molar-refractivity contribution in [3.63, 3.8) is 0 Å². The van der Waals surface area contributed by atoms with Crippen LogP contribution >= 0.6 is 23.2 Å². The molecule has 1 N–H and O–H groups in total. The van der Waals surface area contributed by atoms with Crippen molar-refractivity contribution in [1.29, 1.82) is 0 Å². The van der Waals surface area contributed by atoms with Gasteiger partial charge in [0.1, 0.15) is 28.6 Å². The SMILES string of the molecule is COc1cccc2c1c(C(=O)O)c(N1C[C@@H](C)n3c(c(CCCOc4cc(C)c(Cl)c(C)c4)c4ccc(Cl)c(-c5c(C)nn(C)c5C)c43)C1=O)n2Cc1cc(C)ccn1. The maximum absolute atomic E-state index is 15.6. The van der Waals surface area contributed by atoms with E-state index >= 15 is 4.79 Å². The molecule has 1 amide bonds. The normalized spacial score (nSPS) is 14.1. The van der Waals surface area contributed by atoms with Crippen LogP contribution in [0.15, 0.2) is 60.8 Å². The van der Waals surface area contributed by atoms with Gasteiger partial charge in [-0.15, -0.1) is 0 Å². The number of aromatic carboxylic acids is 1. The lowest BCUT2D eigenvalue weighted by atomic mass is 9.98. The zero-order chi connectivity index (χ0) is 42.0. The third-order valence-electron chi connectivity index (χ3n) is 11.6. The van der Waals surface area contributed by atoms with Crippen molar-refractivity contribution in [2.75, 3.05) is 25.2 Å². The number of aryl methyl sites for hydroxylation is 6.